The van der Waals surface area contributed by atoms with Gasteiger partial charge in [-0.1, -0.05) is 26.2 Å². The lowest BCUT2D eigenvalue weighted by Crippen LogP contribution is -2.27. The van der Waals surface area contributed by atoms with Gasteiger partial charge in [-0.05, 0) is 30.9 Å². The number of nitrogens with one attached hydrogen (secondary N) is 1. The molecule has 0 aliphatic heterocycles. The Kier molecular flexibility index (Phi) is 3.95. The molecule has 0 aromatic carbocycles. The van der Waals surface area contributed by atoms with Crippen molar-refractivity contribution in [1.29, 1.82) is 0 Å². The quantitative estimate of drug-likeness (QED) is 0.928. The van der Waals surface area contributed by atoms with E-state index in [4.69, 9.17) is 0 Å². The number of hydrogen-bond acceptors (Lipinski definition) is 4. The highest BCUT2D eigenvalue weighted by molar-refractivity contribution is 5.44. The van der Waals surface area contributed by atoms with Gasteiger partial charge in [-0.3, -0.25) is 0 Å². The Morgan fingerprint density at radius 1 is 1.35 bits per heavy atom. The normalized spacial score (nSPS) is 22.6. The molecule has 20 heavy (non-hydrogen) atoms. The fourth-order valence-electron chi connectivity index (χ4n) is 2.96. The molecule has 1 N–H and O–H groups in total. The third kappa shape index (κ3) is 2.98. The summed E-state index contributed by atoms with van der Waals surface area (Å²) < 4.78 is 1.66. The van der Waals surface area contributed by atoms with E-state index in [0.29, 0.717) is 6.04 Å². The zero-order valence-corrected chi connectivity index (χ0v) is 11.9. The second-order valence-corrected chi connectivity index (χ2v) is 5.53. The summed E-state index contributed by atoms with van der Waals surface area (Å²) in [7, 11) is 0. The molecule has 2 aromatic rings. The number of pyridine rings is 1. The van der Waals surface area contributed by atoms with Crippen molar-refractivity contribution >= 4 is 5.69 Å². The number of nitrogens with zero attached hydrogens (tertiary/aromatic N) is 4. The molecule has 0 spiro atoms. The number of aromatic nitrogens is 4. The molecule has 2 atom stereocenters. The highest BCUT2D eigenvalue weighted by Gasteiger charge is 2.20. The molecule has 2 unspecified atom stereocenters. The zero-order chi connectivity index (χ0) is 13.8. The molecule has 0 saturated heterocycles. The number of anilines is 1. The molecule has 2 heterocycles. The predicted molar refractivity (Wildman–Crippen MR) is 78.8 cm³/mol. The van der Waals surface area contributed by atoms with Gasteiger partial charge < -0.3 is 5.32 Å². The topological polar surface area (TPSA) is 55.6 Å². The molecule has 5 heteroatoms. The van der Waals surface area contributed by atoms with Crippen LogP contribution >= 0.6 is 0 Å². The largest absolute Gasteiger partial charge is 0.381 e. The highest BCUT2D eigenvalue weighted by Crippen LogP contribution is 2.28. The van der Waals surface area contributed by atoms with Crippen LogP contribution in [0.1, 0.15) is 39.0 Å². The van der Waals surface area contributed by atoms with E-state index in [-0.39, 0.29) is 0 Å². The summed E-state index contributed by atoms with van der Waals surface area (Å²) in [5.74, 6) is 1.67. The van der Waals surface area contributed by atoms with Crippen molar-refractivity contribution in [3.8, 4) is 5.82 Å². The Labute approximate surface area is 119 Å². The van der Waals surface area contributed by atoms with Gasteiger partial charge in [-0.25, -0.2) is 14.6 Å². The fraction of sp³-hybridized carbons (Fsp3) is 0.533. The first kappa shape index (κ1) is 13.1. The van der Waals surface area contributed by atoms with Crippen molar-refractivity contribution in [1.82, 2.24) is 19.7 Å². The van der Waals surface area contributed by atoms with E-state index >= 15 is 0 Å². The first-order valence-electron chi connectivity index (χ1n) is 7.42. The Bertz CT molecular complexity index is 520. The summed E-state index contributed by atoms with van der Waals surface area (Å²) >= 11 is 0. The monoisotopic (exact) mass is 271 g/mol. The summed E-state index contributed by atoms with van der Waals surface area (Å²) in [6.45, 7) is 2.29. The smallest absolute Gasteiger partial charge is 0.155 e. The molecular weight excluding hydrogens is 250 g/mol. The van der Waals surface area contributed by atoms with Crippen LogP contribution in [0.25, 0.3) is 5.82 Å². The Morgan fingerprint density at radius 3 is 3.00 bits per heavy atom. The lowest BCUT2D eigenvalue weighted by Gasteiger charge is -2.29. The van der Waals surface area contributed by atoms with E-state index in [1.54, 1.807) is 11.0 Å². The fourth-order valence-corrected chi connectivity index (χ4v) is 2.96. The molecule has 1 aliphatic rings. The summed E-state index contributed by atoms with van der Waals surface area (Å²) in [6.07, 6.45) is 11.6. The van der Waals surface area contributed by atoms with Crippen LogP contribution in [0.4, 0.5) is 5.69 Å². The van der Waals surface area contributed by atoms with Gasteiger partial charge in [0.25, 0.3) is 0 Å². The van der Waals surface area contributed by atoms with Crippen LogP contribution in [0.5, 0.6) is 0 Å². The van der Waals surface area contributed by atoms with Crippen LogP contribution in [0.3, 0.4) is 0 Å². The Hall–Kier alpha value is -1.91. The van der Waals surface area contributed by atoms with Crippen molar-refractivity contribution in [3.05, 3.63) is 31.0 Å². The number of rotatable bonds is 4. The minimum atomic E-state index is 0.590. The van der Waals surface area contributed by atoms with E-state index in [1.807, 2.05) is 12.3 Å². The predicted octanol–water partition coefficient (Wildman–Crippen LogP) is 3.04. The Balaban J connectivity index is 1.63. The Morgan fingerprint density at radius 2 is 2.30 bits per heavy atom. The minimum absolute atomic E-state index is 0.590. The van der Waals surface area contributed by atoms with E-state index < -0.39 is 0 Å². The minimum Gasteiger partial charge on any atom is -0.381 e. The number of hydrogen-bond donors (Lipinski definition) is 1. The van der Waals surface area contributed by atoms with E-state index in [0.717, 1.165) is 17.4 Å². The van der Waals surface area contributed by atoms with Crippen molar-refractivity contribution in [3.63, 3.8) is 0 Å². The standard InChI is InChI=1S/C15H21N5/c1-2-12-4-3-5-13(8-12)19-14-6-7-15(17-9-14)20-11-16-10-18-20/h6-7,9-13,19H,2-5,8H2,1H3. The molecular formula is C15H21N5. The van der Waals surface area contributed by atoms with Crippen molar-refractivity contribution in [2.24, 2.45) is 5.92 Å². The molecule has 0 radical (unpaired) electrons. The molecule has 1 aliphatic carbocycles. The van der Waals surface area contributed by atoms with Gasteiger partial charge >= 0.3 is 0 Å². The molecule has 0 amide bonds. The van der Waals surface area contributed by atoms with Crippen LogP contribution in [-0.2, 0) is 0 Å². The third-order valence-electron chi connectivity index (χ3n) is 4.13. The van der Waals surface area contributed by atoms with E-state index in [1.165, 1.54) is 38.4 Å². The van der Waals surface area contributed by atoms with Crippen molar-refractivity contribution < 1.29 is 0 Å². The molecule has 1 fully saturated rings. The van der Waals surface area contributed by atoms with E-state index in [9.17, 15) is 0 Å². The zero-order valence-electron chi connectivity index (χ0n) is 11.9. The average molecular weight is 271 g/mol. The van der Waals surface area contributed by atoms with Crippen LogP contribution in [0.2, 0.25) is 0 Å². The van der Waals surface area contributed by atoms with Gasteiger partial charge in [0.2, 0.25) is 0 Å². The molecule has 1 saturated carbocycles. The van der Waals surface area contributed by atoms with Crippen LogP contribution < -0.4 is 5.32 Å². The first-order chi connectivity index (χ1) is 9.85. The lowest BCUT2D eigenvalue weighted by molar-refractivity contribution is 0.327. The van der Waals surface area contributed by atoms with Gasteiger partial charge in [0.05, 0.1) is 11.9 Å². The lowest BCUT2D eigenvalue weighted by atomic mass is 9.84. The molecule has 0 bridgehead atoms. The second-order valence-electron chi connectivity index (χ2n) is 5.53. The SMILES string of the molecule is CCC1CCCC(Nc2ccc(-n3cncn3)nc2)C1. The van der Waals surface area contributed by atoms with Crippen LogP contribution in [0.15, 0.2) is 31.0 Å². The second kappa shape index (κ2) is 6.03. The molecule has 5 nitrogen and oxygen atoms in total. The van der Waals surface area contributed by atoms with Crippen molar-refractivity contribution in [2.45, 2.75) is 45.1 Å². The van der Waals surface area contributed by atoms with E-state index in [2.05, 4.69) is 33.4 Å². The van der Waals surface area contributed by atoms with Gasteiger partial charge in [0.1, 0.15) is 12.7 Å². The summed E-state index contributed by atoms with van der Waals surface area (Å²) in [5, 5.41) is 7.69. The first-order valence-corrected chi connectivity index (χ1v) is 7.42. The third-order valence-corrected chi connectivity index (χ3v) is 4.13. The van der Waals surface area contributed by atoms with Gasteiger partial charge in [0.15, 0.2) is 5.82 Å². The van der Waals surface area contributed by atoms with Gasteiger partial charge in [-0.2, -0.15) is 5.10 Å². The van der Waals surface area contributed by atoms with Gasteiger partial charge in [-0.15, -0.1) is 0 Å². The summed E-state index contributed by atoms with van der Waals surface area (Å²) in [4.78, 5) is 8.35. The van der Waals surface area contributed by atoms with Crippen molar-refractivity contribution in [2.75, 3.05) is 5.32 Å². The maximum Gasteiger partial charge on any atom is 0.155 e. The van der Waals surface area contributed by atoms with Gasteiger partial charge in [0, 0.05) is 6.04 Å². The highest BCUT2D eigenvalue weighted by atomic mass is 15.3. The average Bonchev–Trinajstić information content (AvgIpc) is 3.02. The molecule has 3 rings (SSSR count). The molecule has 106 valence electrons. The molecule has 2 aromatic heterocycles. The summed E-state index contributed by atoms with van der Waals surface area (Å²) in [6, 6.07) is 4.63. The van der Waals surface area contributed by atoms with Crippen LogP contribution in [-0.4, -0.2) is 25.8 Å². The maximum absolute atomic E-state index is 4.42. The summed E-state index contributed by atoms with van der Waals surface area (Å²) in [5.41, 5.74) is 1.09. The maximum atomic E-state index is 4.42. The van der Waals surface area contributed by atoms with Crippen LogP contribution in [0, 0.1) is 5.92 Å².